The van der Waals surface area contributed by atoms with Crippen LogP contribution in [0.15, 0.2) is 18.2 Å². The van der Waals surface area contributed by atoms with Gasteiger partial charge in [0.15, 0.2) is 0 Å². The molecule has 3 N–H and O–H groups in total. The Morgan fingerprint density at radius 2 is 2.12 bits per heavy atom. The van der Waals surface area contributed by atoms with Crippen molar-refractivity contribution in [2.45, 2.75) is 0 Å². The number of carbonyl (C=O) groups is 2. The van der Waals surface area contributed by atoms with Gasteiger partial charge in [0.1, 0.15) is 5.75 Å². The van der Waals surface area contributed by atoms with E-state index in [-0.39, 0.29) is 28.7 Å². The molecule has 0 aromatic heterocycles. The second kappa shape index (κ2) is 5.41. The number of phenolic OH excluding ortho intramolecular Hbond substituents is 1. The normalized spacial score (nSPS) is 9.81. The van der Waals surface area contributed by atoms with Crippen LogP contribution in [0, 0.1) is 0 Å². The average Bonchev–Trinajstić information content (AvgIpc) is 2.20. The highest BCUT2D eigenvalue weighted by Gasteiger charge is 2.12. The Kier molecular flexibility index (Phi) is 4.19. The fourth-order valence-corrected chi connectivity index (χ4v) is 1.47. The highest BCUT2D eigenvalue weighted by Crippen LogP contribution is 2.21. The van der Waals surface area contributed by atoms with Crippen molar-refractivity contribution >= 4 is 29.3 Å². The highest BCUT2D eigenvalue weighted by atomic mass is 32.2. The summed E-state index contributed by atoms with van der Waals surface area (Å²) in [4.78, 5) is 22.1. The first-order valence-electron chi connectivity index (χ1n) is 4.39. The Bertz CT molecular complexity index is 419. The molecule has 1 aromatic rings. The first-order valence-corrected chi connectivity index (χ1v) is 5.79. The van der Waals surface area contributed by atoms with Gasteiger partial charge in [-0.25, -0.2) is 4.79 Å². The van der Waals surface area contributed by atoms with Crippen LogP contribution in [0.2, 0.25) is 0 Å². The van der Waals surface area contributed by atoms with Crippen molar-refractivity contribution in [1.82, 2.24) is 0 Å². The third kappa shape index (κ3) is 3.16. The maximum Gasteiger partial charge on any atom is 0.337 e. The lowest BCUT2D eigenvalue weighted by atomic mass is 10.1. The number of benzene rings is 1. The first-order chi connectivity index (χ1) is 7.54. The van der Waals surface area contributed by atoms with Gasteiger partial charge in [-0.3, -0.25) is 4.79 Å². The minimum absolute atomic E-state index is 0.130. The Morgan fingerprint density at radius 3 is 2.69 bits per heavy atom. The number of phenols is 1. The van der Waals surface area contributed by atoms with Crippen LogP contribution in [0.5, 0.6) is 5.75 Å². The van der Waals surface area contributed by atoms with Crippen molar-refractivity contribution in [3.63, 3.8) is 0 Å². The lowest BCUT2D eigenvalue weighted by Crippen LogP contribution is -2.16. The van der Waals surface area contributed by atoms with E-state index < -0.39 is 5.97 Å². The molecule has 0 fully saturated rings. The molecule has 0 spiro atoms. The molecule has 0 heterocycles. The zero-order valence-electron chi connectivity index (χ0n) is 8.56. The molecule has 5 nitrogen and oxygen atoms in total. The molecule has 1 amide bonds. The Hall–Kier alpha value is -1.69. The van der Waals surface area contributed by atoms with E-state index >= 15 is 0 Å². The maximum atomic E-state index is 11.3. The smallest absolute Gasteiger partial charge is 0.337 e. The molecule has 86 valence electrons. The number of carbonyl (C=O) groups excluding carboxylic acids is 1. The van der Waals surface area contributed by atoms with Crippen molar-refractivity contribution in [2.24, 2.45) is 0 Å². The molecule has 0 atom stereocenters. The van der Waals surface area contributed by atoms with Gasteiger partial charge >= 0.3 is 5.97 Å². The lowest BCUT2D eigenvalue weighted by molar-refractivity contribution is -0.113. The van der Waals surface area contributed by atoms with Crippen LogP contribution in [-0.2, 0) is 4.79 Å². The van der Waals surface area contributed by atoms with Gasteiger partial charge in [-0.1, -0.05) is 0 Å². The van der Waals surface area contributed by atoms with Gasteiger partial charge in [-0.05, 0) is 24.5 Å². The van der Waals surface area contributed by atoms with Crippen LogP contribution >= 0.6 is 11.8 Å². The van der Waals surface area contributed by atoms with E-state index in [2.05, 4.69) is 5.32 Å². The monoisotopic (exact) mass is 241 g/mol. The van der Waals surface area contributed by atoms with Gasteiger partial charge in [0.25, 0.3) is 0 Å². The summed E-state index contributed by atoms with van der Waals surface area (Å²) in [6.07, 6.45) is 1.77. The molecule has 0 aliphatic heterocycles. The summed E-state index contributed by atoms with van der Waals surface area (Å²) in [6, 6.07) is 3.77. The molecular weight excluding hydrogens is 230 g/mol. The number of nitrogens with one attached hydrogen (secondary N) is 1. The fourth-order valence-electron chi connectivity index (χ4n) is 1.14. The van der Waals surface area contributed by atoms with Gasteiger partial charge in [-0.2, -0.15) is 11.8 Å². The highest BCUT2D eigenvalue weighted by molar-refractivity contribution is 7.99. The van der Waals surface area contributed by atoms with Crippen LogP contribution in [0.25, 0.3) is 0 Å². The predicted molar refractivity (Wildman–Crippen MR) is 62.1 cm³/mol. The van der Waals surface area contributed by atoms with Crippen LogP contribution in [0.3, 0.4) is 0 Å². The van der Waals surface area contributed by atoms with Crippen molar-refractivity contribution in [2.75, 3.05) is 17.3 Å². The summed E-state index contributed by atoms with van der Waals surface area (Å²) < 4.78 is 0. The molecule has 16 heavy (non-hydrogen) atoms. The molecule has 0 bridgehead atoms. The molecule has 0 unspecified atom stereocenters. The van der Waals surface area contributed by atoms with E-state index in [4.69, 9.17) is 10.2 Å². The molecule has 0 radical (unpaired) electrons. The van der Waals surface area contributed by atoms with Gasteiger partial charge in [0, 0.05) is 0 Å². The minimum Gasteiger partial charge on any atom is -0.508 e. The molecule has 1 aromatic carbocycles. The number of hydrogen-bond acceptors (Lipinski definition) is 4. The first kappa shape index (κ1) is 12.4. The zero-order valence-corrected chi connectivity index (χ0v) is 9.37. The molecule has 6 heteroatoms. The summed E-state index contributed by atoms with van der Waals surface area (Å²) in [7, 11) is 0. The standard InChI is InChI=1S/C10H11NO4S/c1-16-5-9(13)11-8-3-2-6(12)4-7(8)10(14)15/h2-4,12H,5H2,1H3,(H,11,13)(H,14,15). The second-order valence-electron chi connectivity index (χ2n) is 3.02. The van der Waals surface area contributed by atoms with Crippen LogP contribution < -0.4 is 5.32 Å². The van der Waals surface area contributed by atoms with Crippen molar-refractivity contribution in [3.05, 3.63) is 23.8 Å². The molecule has 0 saturated carbocycles. The number of amides is 1. The molecule has 0 aliphatic rings. The fraction of sp³-hybridized carbons (Fsp3) is 0.200. The SMILES string of the molecule is CSCC(=O)Nc1ccc(O)cc1C(=O)O. The predicted octanol–water partition coefficient (Wildman–Crippen LogP) is 1.39. The molecule has 1 rings (SSSR count). The Morgan fingerprint density at radius 1 is 1.44 bits per heavy atom. The van der Waals surface area contributed by atoms with Crippen molar-refractivity contribution in [3.8, 4) is 5.75 Å². The second-order valence-corrected chi connectivity index (χ2v) is 3.88. The third-order valence-electron chi connectivity index (χ3n) is 1.78. The van der Waals surface area contributed by atoms with E-state index in [9.17, 15) is 9.59 Å². The maximum absolute atomic E-state index is 11.3. The molecule has 0 saturated heterocycles. The van der Waals surface area contributed by atoms with E-state index in [1.165, 1.54) is 23.9 Å². The number of thioether (sulfide) groups is 1. The van der Waals surface area contributed by atoms with Gasteiger partial charge < -0.3 is 15.5 Å². The van der Waals surface area contributed by atoms with Gasteiger partial charge in [0.2, 0.25) is 5.91 Å². The summed E-state index contributed by atoms with van der Waals surface area (Å²) in [5.41, 5.74) is 0.0544. The van der Waals surface area contributed by atoms with Crippen molar-refractivity contribution in [1.29, 1.82) is 0 Å². The number of hydrogen-bond donors (Lipinski definition) is 3. The number of carboxylic acid groups (broad SMARTS) is 1. The summed E-state index contributed by atoms with van der Waals surface area (Å²) in [6.45, 7) is 0. The van der Waals surface area contributed by atoms with Gasteiger partial charge in [-0.15, -0.1) is 0 Å². The average molecular weight is 241 g/mol. The number of aromatic hydroxyl groups is 1. The lowest BCUT2D eigenvalue weighted by Gasteiger charge is -2.07. The molecule has 0 aliphatic carbocycles. The van der Waals surface area contributed by atoms with Crippen LogP contribution in [0.4, 0.5) is 5.69 Å². The van der Waals surface area contributed by atoms with E-state index in [0.717, 1.165) is 6.07 Å². The third-order valence-corrected chi connectivity index (χ3v) is 2.33. The number of aromatic carboxylic acids is 1. The van der Waals surface area contributed by atoms with E-state index in [1.807, 2.05) is 0 Å². The zero-order chi connectivity index (χ0) is 12.1. The number of carboxylic acids is 1. The topological polar surface area (TPSA) is 86.6 Å². The van der Waals surface area contributed by atoms with Crippen LogP contribution in [-0.4, -0.2) is 34.1 Å². The number of rotatable bonds is 4. The summed E-state index contributed by atoms with van der Waals surface area (Å²) in [5, 5.41) is 20.5. The summed E-state index contributed by atoms with van der Waals surface area (Å²) in [5.74, 6) is -1.38. The van der Waals surface area contributed by atoms with E-state index in [1.54, 1.807) is 6.26 Å². The quantitative estimate of drug-likeness (QED) is 0.693. The van der Waals surface area contributed by atoms with Crippen LogP contribution in [0.1, 0.15) is 10.4 Å². The Labute approximate surface area is 96.5 Å². The Balaban J connectivity index is 2.95. The van der Waals surface area contributed by atoms with Gasteiger partial charge in [0.05, 0.1) is 17.0 Å². The van der Waals surface area contributed by atoms with E-state index in [0.29, 0.717) is 0 Å². The molecular formula is C10H11NO4S. The summed E-state index contributed by atoms with van der Waals surface area (Å²) >= 11 is 1.34. The number of anilines is 1. The largest absolute Gasteiger partial charge is 0.508 e. The van der Waals surface area contributed by atoms with Crippen molar-refractivity contribution < 1.29 is 19.8 Å². The minimum atomic E-state index is -1.20.